The van der Waals surface area contributed by atoms with Crippen molar-refractivity contribution in [1.82, 2.24) is 10.3 Å². The molecule has 0 spiro atoms. The first-order valence-electron chi connectivity index (χ1n) is 8.06. The Morgan fingerprint density at radius 3 is 2.33 bits per heavy atom. The fourth-order valence-electron chi connectivity index (χ4n) is 1.82. The van der Waals surface area contributed by atoms with Crippen molar-refractivity contribution in [3.63, 3.8) is 0 Å². The van der Waals surface area contributed by atoms with Crippen LogP contribution in [0.5, 0.6) is 5.88 Å². The maximum atomic E-state index is 5.84. The second-order valence-electron chi connectivity index (χ2n) is 7.53. The van der Waals surface area contributed by atoms with Crippen LogP contribution in [0.2, 0.25) is 0 Å². The van der Waals surface area contributed by atoms with Gasteiger partial charge in [0.05, 0.1) is 6.61 Å². The highest BCUT2D eigenvalue weighted by Crippen LogP contribution is 2.20. The molecule has 1 heterocycles. The Kier molecular flexibility index (Phi) is 6.66. The van der Waals surface area contributed by atoms with Gasteiger partial charge in [0.2, 0.25) is 5.88 Å². The lowest BCUT2D eigenvalue weighted by Gasteiger charge is -2.21. The standard InChI is InChI=1S/C18H32N2O/c1-13(2)8-9-21-17-11-15(12-19-18(5,6)7)10-16(20-17)14(3)4/h10-11,13-14,19H,8-9,12H2,1-7H3. The van der Waals surface area contributed by atoms with Crippen molar-refractivity contribution in [1.29, 1.82) is 0 Å². The number of ether oxygens (including phenoxy) is 1. The molecule has 3 nitrogen and oxygen atoms in total. The second-order valence-corrected chi connectivity index (χ2v) is 7.53. The largest absolute Gasteiger partial charge is 0.478 e. The molecular formula is C18H32N2O. The Morgan fingerprint density at radius 1 is 1.14 bits per heavy atom. The average molecular weight is 292 g/mol. The van der Waals surface area contributed by atoms with Gasteiger partial charge in [0, 0.05) is 23.8 Å². The summed E-state index contributed by atoms with van der Waals surface area (Å²) in [5.41, 5.74) is 2.45. The maximum absolute atomic E-state index is 5.84. The average Bonchev–Trinajstić information content (AvgIpc) is 2.35. The molecule has 120 valence electrons. The summed E-state index contributed by atoms with van der Waals surface area (Å²) < 4.78 is 5.84. The molecule has 1 aromatic rings. The Balaban J connectivity index is 2.80. The van der Waals surface area contributed by atoms with Crippen molar-refractivity contribution in [2.24, 2.45) is 5.92 Å². The van der Waals surface area contributed by atoms with Gasteiger partial charge >= 0.3 is 0 Å². The number of nitrogens with zero attached hydrogens (tertiary/aromatic N) is 1. The lowest BCUT2D eigenvalue weighted by molar-refractivity contribution is 0.278. The zero-order valence-electron chi connectivity index (χ0n) is 14.8. The van der Waals surface area contributed by atoms with Crippen molar-refractivity contribution in [3.05, 3.63) is 23.4 Å². The third-order valence-corrected chi connectivity index (χ3v) is 3.24. The monoisotopic (exact) mass is 292 g/mol. The van der Waals surface area contributed by atoms with E-state index in [1.165, 1.54) is 5.56 Å². The zero-order chi connectivity index (χ0) is 16.0. The first-order chi connectivity index (χ1) is 9.67. The van der Waals surface area contributed by atoms with Gasteiger partial charge in [-0.1, -0.05) is 27.7 Å². The van der Waals surface area contributed by atoms with Gasteiger partial charge in [0.25, 0.3) is 0 Å². The van der Waals surface area contributed by atoms with E-state index in [9.17, 15) is 0 Å². The lowest BCUT2D eigenvalue weighted by Crippen LogP contribution is -2.35. The van der Waals surface area contributed by atoms with Crippen molar-refractivity contribution in [2.45, 2.75) is 72.9 Å². The van der Waals surface area contributed by atoms with Crippen LogP contribution in [0.3, 0.4) is 0 Å². The summed E-state index contributed by atoms with van der Waals surface area (Å²) in [7, 11) is 0. The van der Waals surface area contributed by atoms with E-state index >= 15 is 0 Å². The van der Waals surface area contributed by atoms with Gasteiger partial charge in [-0.3, -0.25) is 0 Å². The molecule has 0 aliphatic carbocycles. The van der Waals surface area contributed by atoms with E-state index in [2.05, 4.69) is 70.9 Å². The molecule has 0 bridgehead atoms. The van der Waals surface area contributed by atoms with Crippen LogP contribution in [-0.4, -0.2) is 17.1 Å². The van der Waals surface area contributed by atoms with E-state index in [1.807, 2.05) is 0 Å². The Morgan fingerprint density at radius 2 is 1.81 bits per heavy atom. The summed E-state index contributed by atoms with van der Waals surface area (Å²) in [5, 5.41) is 3.52. The summed E-state index contributed by atoms with van der Waals surface area (Å²) in [5.74, 6) is 1.82. The number of pyridine rings is 1. The minimum absolute atomic E-state index is 0.111. The van der Waals surface area contributed by atoms with Crippen molar-refractivity contribution < 1.29 is 4.74 Å². The van der Waals surface area contributed by atoms with Gasteiger partial charge in [-0.25, -0.2) is 4.98 Å². The molecule has 0 fully saturated rings. The number of rotatable bonds is 7. The van der Waals surface area contributed by atoms with E-state index in [1.54, 1.807) is 0 Å². The van der Waals surface area contributed by atoms with Gasteiger partial charge in [0.1, 0.15) is 0 Å². The molecule has 0 unspecified atom stereocenters. The maximum Gasteiger partial charge on any atom is 0.213 e. The summed E-state index contributed by atoms with van der Waals surface area (Å²) in [6.07, 6.45) is 1.06. The predicted octanol–water partition coefficient (Wildman–Crippen LogP) is 4.52. The third-order valence-electron chi connectivity index (χ3n) is 3.24. The van der Waals surface area contributed by atoms with E-state index in [0.717, 1.165) is 31.1 Å². The lowest BCUT2D eigenvalue weighted by atomic mass is 10.1. The summed E-state index contributed by atoms with van der Waals surface area (Å²) in [6.45, 7) is 16.9. The SMILES string of the molecule is CC(C)CCOc1cc(CNC(C)(C)C)cc(C(C)C)n1. The summed E-state index contributed by atoms with van der Waals surface area (Å²) in [4.78, 5) is 4.62. The smallest absolute Gasteiger partial charge is 0.213 e. The molecule has 0 aromatic carbocycles. The van der Waals surface area contributed by atoms with Gasteiger partial charge in [0.15, 0.2) is 0 Å². The first kappa shape index (κ1) is 18.0. The van der Waals surface area contributed by atoms with E-state index in [4.69, 9.17) is 4.74 Å². The fourth-order valence-corrected chi connectivity index (χ4v) is 1.82. The molecule has 0 saturated heterocycles. The second kappa shape index (κ2) is 7.79. The molecule has 0 amide bonds. The molecule has 0 aliphatic rings. The molecule has 3 heteroatoms. The van der Waals surface area contributed by atoms with Gasteiger partial charge in [-0.2, -0.15) is 0 Å². The highest BCUT2D eigenvalue weighted by atomic mass is 16.5. The topological polar surface area (TPSA) is 34.1 Å². The fraction of sp³-hybridized carbons (Fsp3) is 0.722. The Labute approximate surface area is 130 Å². The van der Waals surface area contributed by atoms with Crippen LogP contribution in [0.15, 0.2) is 12.1 Å². The Hall–Kier alpha value is -1.09. The number of hydrogen-bond acceptors (Lipinski definition) is 3. The quantitative estimate of drug-likeness (QED) is 0.802. The van der Waals surface area contributed by atoms with Crippen LogP contribution < -0.4 is 10.1 Å². The highest BCUT2D eigenvalue weighted by Gasteiger charge is 2.11. The molecule has 0 saturated carbocycles. The van der Waals surface area contributed by atoms with Crippen LogP contribution in [0.1, 0.15) is 72.1 Å². The molecule has 0 aliphatic heterocycles. The highest BCUT2D eigenvalue weighted by molar-refractivity contribution is 5.26. The molecule has 0 radical (unpaired) electrons. The zero-order valence-corrected chi connectivity index (χ0v) is 14.8. The molecule has 21 heavy (non-hydrogen) atoms. The number of nitrogens with one attached hydrogen (secondary N) is 1. The molecule has 0 atom stereocenters. The third kappa shape index (κ3) is 7.47. The molecule has 1 N–H and O–H groups in total. The van der Waals surface area contributed by atoms with E-state index in [0.29, 0.717) is 11.8 Å². The van der Waals surface area contributed by atoms with Gasteiger partial charge < -0.3 is 10.1 Å². The predicted molar refractivity (Wildman–Crippen MR) is 89.9 cm³/mol. The minimum atomic E-state index is 0.111. The summed E-state index contributed by atoms with van der Waals surface area (Å²) in [6, 6.07) is 4.24. The van der Waals surface area contributed by atoms with E-state index in [-0.39, 0.29) is 5.54 Å². The molecule has 1 rings (SSSR count). The summed E-state index contributed by atoms with van der Waals surface area (Å²) >= 11 is 0. The molecule has 1 aromatic heterocycles. The van der Waals surface area contributed by atoms with Gasteiger partial charge in [-0.05, 0) is 50.7 Å². The van der Waals surface area contributed by atoms with Gasteiger partial charge in [-0.15, -0.1) is 0 Å². The minimum Gasteiger partial charge on any atom is -0.478 e. The molecular weight excluding hydrogens is 260 g/mol. The van der Waals surface area contributed by atoms with Crippen molar-refractivity contribution in [3.8, 4) is 5.88 Å². The normalized spacial score (nSPS) is 12.2. The van der Waals surface area contributed by atoms with Crippen LogP contribution in [0.4, 0.5) is 0 Å². The van der Waals surface area contributed by atoms with Crippen LogP contribution >= 0.6 is 0 Å². The first-order valence-corrected chi connectivity index (χ1v) is 8.06. The van der Waals surface area contributed by atoms with Crippen LogP contribution in [0, 0.1) is 5.92 Å². The number of hydrogen-bond donors (Lipinski definition) is 1. The van der Waals surface area contributed by atoms with Crippen molar-refractivity contribution >= 4 is 0 Å². The van der Waals surface area contributed by atoms with Crippen LogP contribution in [0.25, 0.3) is 0 Å². The Bertz CT molecular complexity index is 433. The van der Waals surface area contributed by atoms with E-state index < -0.39 is 0 Å². The van der Waals surface area contributed by atoms with Crippen molar-refractivity contribution in [2.75, 3.05) is 6.61 Å². The number of aromatic nitrogens is 1. The van der Waals surface area contributed by atoms with Crippen LogP contribution in [-0.2, 0) is 6.54 Å².